The molecular weight excluding hydrogens is 465 g/mol. The molecule has 3 rings (SSSR count). The number of aromatic nitrogens is 1. The van der Waals surface area contributed by atoms with Crippen LogP contribution < -0.4 is 5.32 Å². The average molecular weight is 486 g/mol. The average Bonchev–Trinajstić information content (AvgIpc) is 3.11. The number of sulfonamides is 1. The number of hydrogen-bond donors (Lipinski definition) is 2. The molecule has 0 saturated carbocycles. The van der Waals surface area contributed by atoms with Crippen molar-refractivity contribution in [3.63, 3.8) is 0 Å². The highest BCUT2D eigenvalue weighted by atomic mass is 35.5. The summed E-state index contributed by atoms with van der Waals surface area (Å²) in [7, 11) is -4.10. The first-order valence-corrected chi connectivity index (χ1v) is 11.7. The van der Waals surface area contributed by atoms with E-state index in [-0.39, 0.29) is 34.3 Å². The first kappa shape index (κ1) is 23.5. The van der Waals surface area contributed by atoms with Gasteiger partial charge in [-0.1, -0.05) is 23.2 Å². The van der Waals surface area contributed by atoms with Gasteiger partial charge in [-0.3, -0.25) is 9.78 Å². The lowest BCUT2D eigenvalue weighted by atomic mass is 9.98. The lowest BCUT2D eigenvalue weighted by Crippen LogP contribution is -2.58. The van der Waals surface area contributed by atoms with E-state index in [1.165, 1.54) is 37.5 Å². The van der Waals surface area contributed by atoms with Crippen LogP contribution >= 0.6 is 23.2 Å². The Morgan fingerprint density at radius 3 is 2.42 bits per heavy atom. The third-order valence-electron chi connectivity index (χ3n) is 5.28. The molecule has 0 unspecified atom stereocenters. The summed E-state index contributed by atoms with van der Waals surface area (Å²) in [5, 5.41) is 12.4. The van der Waals surface area contributed by atoms with Gasteiger partial charge in [0.1, 0.15) is 11.6 Å². The molecule has 8 nitrogen and oxygen atoms in total. The number of hydrogen-bond acceptors (Lipinski definition) is 5. The summed E-state index contributed by atoms with van der Waals surface area (Å²) >= 11 is 11.9. The number of nitrogens with zero attached hydrogens (tertiary/aromatic N) is 2. The van der Waals surface area contributed by atoms with Crippen molar-refractivity contribution in [2.75, 3.05) is 6.54 Å². The number of aliphatic carboxylic acids is 1. The minimum Gasteiger partial charge on any atom is -0.480 e. The van der Waals surface area contributed by atoms with Crippen LogP contribution in [-0.4, -0.2) is 52.8 Å². The number of nitrogens with one attached hydrogen (secondary N) is 1. The lowest BCUT2D eigenvalue weighted by Gasteiger charge is -2.34. The first-order chi connectivity index (χ1) is 14.5. The molecule has 0 aliphatic carbocycles. The Labute approximate surface area is 190 Å². The molecule has 1 aliphatic heterocycles. The molecule has 0 radical (unpaired) electrons. The summed E-state index contributed by atoms with van der Waals surface area (Å²) < 4.78 is 27.6. The highest BCUT2D eigenvalue weighted by Gasteiger charge is 2.50. The maximum absolute atomic E-state index is 13.3. The zero-order valence-electron chi connectivity index (χ0n) is 16.6. The summed E-state index contributed by atoms with van der Waals surface area (Å²) in [6.07, 6.45) is 3.78. The Kier molecular flexibility index (Phi) is 6.90. The Balaban J connectivity index is 1.87. The number of benzene rings is 1. The predicted molar refractivity (Wildman–Crippen MR) is 116 cm³/mol. The number of carboxylic acids is 1. The molecule has 0 bridgehead atoms. The Hall–Kier alpha value is -2.20. The van der Waals surface area contributed by atoms with Gasteiger partial charge >= 0.3 is 5.97 Å². The van der Waals surface area contributed by atoms with Gasteiger partial charge in [-0.15, -0.1) is 0 Å². The van der Waals surface area contributed by atoms with Crippen LogP contribution in [-0.2, 0) is 26.0 Å². The molecule has 11 heteroatoms. The molecule has 166 valence electrons. The minimum absolute atomic E-state index is 0.0380. The topological polar surface area (TPSA) is 117 Å². The second-order valence-corrected chi connectivity index (χ2v) is 10.2. The smallest absolute Gasteiger partial charge is 0.326 e. The van der Waals surface area contributed by atoms with Gasteiger partial charge in [0.05, 0.1) is 4.90 Å². The van der Waals surface area contributed by atoms with E-state index in [1.807, 2.05) is 0 Å². The van der Waals surface area contributed by atoms with E-state index in [9.17, 15) is 23.1 Å². The van der Waals surface area contributed by atoms with Crippen molar-refractivity contribution in [3.8, 4) is 0 Å². The van der Waals surface area contributed by atoms with Gasteiger partial charge in [-0.05, 0) is 55.7 Å². The summed E-state index contributed by atoms with van der Waals surface area (Å²) in [6, 6.07) is 6.02. The highest BCUT2D eigenvalue weighted by Crippen LogP contribution is 2.36. The molecule has 2 N–H and O–H groups in total. The fraction of sp³-hybridized carbons (Fsp3) is 0.350. The first-order valence-electron chi connectivity index (χ1n) is 9.45. The Bertz CT molecular complexity index is 1080. The van der Waals surface area contributed by atoms with E-state index in [4.69, 9.17) is 23.2 Å². The number of amides is 1. The molecule has 1 saturated heterocycles. The number of carbonyl (C=O) groups excluding carboxylic acids is 1. The standard InChI is InChI=1S/C20H21Cl2N3O5S/c1-20(19(28)24-17(18(26)27)9-13-3-6-23-7-4-13)5-2-8-25(20)31(29,30)16-11-14(21)10-15(22)12-16/h3-4,6-7,10-12,17H,2,5,8-9H2,1H3,(H,24,28)(H,26,27)/t17-,20-/m0/s1. The quantitative estimate of drug-likeness (QED) is 0.622. The molecule has 1 amide bonds. The minimum atomic E-state index is -4.10. The number of carbonyl (C=O) groups is 2. The van der Waals surface area contributed by atoms with Crippen molar-refractivity contribution >= 4 is 45.1 Å². The number of carboxylic acid groups (broad SMARTS) is 1. The lowest BCUT2D eigenvalue weighted by molar-refractivity contribution is -0.143. The molecule has 2 atom stereocenters. The van der Waals surface area contributed by atoms with Crippen LogP contribution in [0.5, 0.6) is 0 Å². The van der Waals surface area contributed by atoms with E-state index in [1.54, 1.807) is 12.1 Å². The van der Waals surface area contributed by atoms with Gasteiger partial charge in [-0.2, -0.15) is 4.31 Å². The Morgan fingerprint density at radius 2 is 1.84 bits per heavy atom. The highest BCUT2D eigenvalue weighted by molar-refractivity contribution is 7.89. The van der Waals surface area contributed by atoms with Gasteiger partial charge in [0.15, 0.2) is 0 Å². The molecular formula is C20H21Cl2N3O5S. The molecule has 1 fully saturated rings. The third kappa shape index (κ3) is 5.01. The van der Waals surface area contributed by atoms with E-state index < -0.39 is 33.5 Å². The van der Waals surface area contributed by atoms with Crippen molar-refractivity contribution in [1.29, 1.82) is 0 Å². The molecule has 31 heavy (non-hydrogen) atoms. The molecule has 2 aromatic rings. The van der Waals surface area contributed by atoms with Crippen LogP contribution in [0.2, 0.25) is 10.0 Å². The predicted octanol–water partition coefficient (Wildman–Crippen LogP) is 2.74. The van der Waals surface area contributed by atoms with Crippen molar-refractivity contribution in [1.82, 2.24) is 14.6 Å². The van der Waals surface area contributed by atoms with Crippen molar-refractivity contribution in [2.24, 2.45) is 0 Å². The second kappa shape index (κ2) is 9.12. The van der Waals surface area contributed by atoms with Gasteiger partial charge in [0.2, 0.25) is 15.9 Å². The van der Waals surface area contributed by atoms with E-state index in [0.29, 0.717) is 12.0 Å². The zero-order chi connectivity index (χ0) is 22.8. The van der Waals surface area contributed by atoms with Gasteiger partial charge in [0, 0.05) is 35.4 Å². The van der Waals surface area contributed by atoms with Crippen LogP contribution in [0.15, 0.2) is 47.6 Å². The maximum atomic E-state index is 13.3. The summed E-state index contributed by atoms with van der Waals surface area (Å²) in [5.41, 5.74) is -0.781. The van der Waals surface area contributed by atoms with E-state index in [0.717, 1.165) is 4.31 Å². The maximum Gasteiger partial charge on any atom is 0.326 e. The molecule has 1 aliphatic rings. The van der Waals surface area contributed by atoms with Gasteiger partial charge < -0.3 is 10.4 Å². The number of pyridine rings is 1. The molecule has 1 aromatic heterocycles. The fourth-order valence-electron chi connectivity index (χ4n) is 3.62. The SMILES string of the molecule is C[C@@]1(C(=O)N[C@@H](Cc2ccncc2)C(=O)O)CCCN1S(=O)(=O)c1cc(Cl)cc(Cl)c1. The normalized spacial score (nSPS) is 20.4. The Morgan fingerprint density at radius 1 is 1.23 bits per heavy atom. The summed E-state index contributed by atoms with van der Waals surface area (Å²) in [4.78, 5) is 28.6. The van der Waals surface area contributed by atoms with Crippen LogP contribution in [0.25, 0.3) is 0 Å². The van der Waals surface area contributed by atoms with E-state index >= 15 is 0 Å². The van der Waals surface area contributed by atoms with Crippen molar-refractivity contribution in [3.05, 3.63) is 58.3 Å². The van der Waals surface area contributed by atoms with Crippen LogP contribution in [0.4, 0.5) is 0 Å². The van der Waals surface area contributed by atoms with E-state index in [2.05, 4.69) is 10.3 Å². The second-order valence-electron chi connectivity index (χ2n) is 7.48. The van der Waals surface area contributed by atoms with Crippen LogP contribution in [0.1, 0.15) is 25.3 Å². The molecule has 0 spiro atoms. The largest absolute Gasteiger partial charge is 0.480 e. The van der Waals surface area contributed by atoms with Crippen LogP contribution in [0, 0.1) is 0 Å². The third-order valence-corrected chi connectivity index (χ3v) is 7.71. The van der Waals surface area contributed by atoms with Gasteiger partial charge in [-0.25, -0.2) is 13.2 Å². The fourth-order valence-corrected chi connectivity index (χ4v) is 6.16. The van der Waals surface area contributed by atoms with Gasteiger partial charge in [0.25, 0.3) is 0 Å². The monoisotopic (exact) mass is 485 g/mol. The zero-order valence-corrected chi connectivity index (χ0v) is 18.9. The molecule has 1 aromatic carbocycles. The number of halogens is 2. The summed E-state index contributed by atoms with van der Waals surface area (Å²) in [6.45, 7) is 1.60. The van der Waals surface area contributed by atoms with Crippen molar-refractivity contribution in [2.45, 2.75) is 42.7 Å². The molecule has 2 heterocycles. The number of rotatable bonds is 7. The van der Waals surface area contributed by atoms with Crippen LogP contribution in [0.3, 0.4) is 0 Å². The summed E-state index contributed by atoms with van der Waals surface area (Å²) in [5.74, 6) is -1.90. The van der Waals surface area contributed by atoms with Crippen molar-refractivity contribution < 1.29 is 23.1 Å².